The molecular weight excluding hydrogens is 380 g/mol. The van der Waals surface area contributed by atoms with Crippen molar-refractivity contribution in [3.05, 3.63) is 41.5 Å². The quantitative estimate of drug-likeness (QED) is 0.652. The van der Waals surface area contributed by atoms with E-state index < -0.39 is 11.5 Å². The highest BCUT2D eigenvalue weighted by atomic mass is 16.5. The number of aliphatic hydroxyl groups excluding tert-OH is 1. The summed E-state index contributed by atoms with van der Waals surface area (Å²) in [6, 6.07) is 9.83. The number of methoxy groups -OCH3 is 1. The van der Waals surface area contributed by atoms with Crippen molar-refractivity contribution in [2.75, 3.05) is 31.7 Å². The molecule has 0 bridgehead atoms. The normalized spacial score (nSPS) is 16.6. The highest BCUT2D eigenvalue weighted by Gasteiger charge is 2.35. The van der Waals surface area contributed by atoms with Gasteiger partial charge in [-0.2, -0.15) is 0 Å². The summed E-state index contributed by atoms with van der Waals surface area (Å²) < 4.78 is 7.73. The summed E-state index contributed by atoms with van der Waals surface area (Å²) in [5.41, 5.74) is 9.19. The molecule has 2 aromatic heterocycles. The number of nitrogens with zero attached hydrogens (tertiary/aromatic N) is 3. The molecule has 7 heteroatoms. The Hall–Kier alpha value is -2.64. The van der Waals surface area contributed by atoms with E-state index in [1.807, 2.05) is 30.3 Å². The number of primary amides is 1. The largest absolute Gasteiger partial charge is 0.393 e. The van der Waals surface area contributed by atoms with Gasteiger partial charge in [0.05, 0.1) is 28.8 Å². The number of piperidine rings is 1. The lowest BCUT2D eigenvalue weighted by molar-refractivity contribution is -0.0673. The fraction of sp³-hybridized carbons (Fsp3) is 0.478. The van der Waals surface area contributed by atoms with E-state index in [0.29, 0.717) is 17.1 Å². The zero-order valence-corrected chi connectivity index (χ0v) is 17.9. The van der Waals surface area contributed by atoms with Gasteiger partial charge in [0.2, 0.25) is 0 Å². The van der Waals surface area contributed by atoms with E-state index in [4.69, 9.17) is 15.5 Å². The Morgan fingerprint density at radius 3 is 2.60 bits per heavy atom. The number of nitrogens with two attached hydrogens (primary N) is 1. The number of carbonyl (C=O) groups excluding carboxylic acids is 1. The Bertz CT molecular complexity index is 1070. The second-order valence-corrected chi connectivity index (χ2v) is 8.66. The van der Waals surface area contributed by atoms with Crippen LogP contribution in [0, 0.1) is 5.92 Å². The molecule has 0 unspecified atom stereocenters. The molecule has 1 aliphatic rings. The number of fused-ring (bicyclic) bond motifs is 3. The van der Waals surface area contributed by atoms with Crippen LogP contribution in [0.4, 0.5) is 5.82 Å². The first-order chi connectivity index (χ1) is 14.4. The minimum Gasteiger partial charge on any atom is -0.393 e. The van der Waals surface area contributed by atoms with Crippen LogP contribution >= 0.6 is 0 Å². The van der Waals surface area contributed by atoms with Crippen LogP contribution in [0.15, 0.2) is 30.3 Å². The summed E-state index contributed by atoms with van der Waals surface area (Å²) in [5.74, 6) is 1.00. The SMILES string of the molecule is COC1(CO)CCN(c2c(CC(C)C)cc(C(N)=O)c3nc4ccccc4n23)CC1. The predicted molar refractivity (Wildman–Crippen MR) is 118 cm³/mol. The number of aliphatic hydroxyl groups is 1. The van der Waals surface area contributed by atoms with E-state index in [2.05, 4.69) is 23.1 Å². The van der Waals surface area contributed by atoms with Crippen molar-refractivity contribution in [1.82, 2.24) is 9.38 Å². The van der Waals surface area contributed by atoms with Gasteiger partial charge in [0.15, 0.2) is 5.65 Å². The first kappa shape index (κ1) is 20.6. The van der Waals surface area contributed by atoms with Crippen LogP contribution in [-0.2, 0) is 11.2 Å². The molecule has 1 amide bonds. The van der Waals surface area contributed by atoms with Gasteiger partial charge in [-0.1, -0.05) is 26.0 Å². The lowest BCUT2D eigenvalue weighted by atomic mass is 9.91. The molecule has 0 atom stereocenters. The molecule has 4 rings (SSSR count). The van der Waals surface area contributed by atoms with E-state index in [1.165, 1.54) is 0 Å². The minimum absolute atomic E-state index is 0.0141. The van der Waals surface area contributed by atoms with E-state index in [0.717, 1.165) is 54.8 Å². The molecule has 1 saturated heterocycles. The average molecular weight is 411 g/mol. The van der Waals surface area contributed by atoms with E-state index in [9.17, 15) is 9.90 Å². The molecule has 1 aliphatic heterocycles. The van der Waals surface area contributed by atoms with E-state index in [-0.39, 0.29) is 6.61 Å². The van der Waals surface area contributed by atoms with Crippen molar-refractivity contribution in [1.29, 1.82) is 0 Å². The predicted octanol–water partition coefficient (Wildman–Crippen LogP) is 2.76. The fourth-order valence-electron chi connectivity index (χ4n) is 4.54. The number of benzene rings is 1. The number of aromatic nitrogens is 2. The number of carbonyl (C=O) groups is 1. The number of hydrogen-bond donors (Lipinski definition) is 2. The van der Waals surface area contributed by atoms with Crippen molar-refractivity contribution in [3.63, 3.8) is 0 Å². The summed E-state index contributed by atoms with van der Waals surface area (Å²) >= 11 is 0. The van der Waals surface area contributed by atoms with Crippen LogP contribution in [-0.4, -0.2) is 52.8 Å². The third-order valence-corrected chi connectivity index (χ3v) is 6.21. The Balaban J connectivity index is 1.95. The van der Waals surface area contributed by atoms with Gasteiger partial charge in [0, 0.05) is 20.2 Å². The van der Waals surface area contributed by atoms with Gasteiger partial charge < -0.3 is 20.5 Å². The molecule has 1 aromatic carbocycles. The number of rotatable bonds is 6. The lowest BCUT2D eigenvalue weighted by Gasteiger charge is -2.41. The molecule has 7 nitrogen and oxygen atoms in total. The van der Waals surface area contributed by atoms with Crippen LogP contribution in [0.1, 0.15) is 42.6 Å². The van der Waals surface area contributed by atoms with Crippen molar-refractivity contribution in [2.45, 2.75) is 38.7 Å². The minimum atomic E-state index is -0.488. The summed E-state index contributed by atoms with van der Waals surface area (Å²) in [6.07, 6.45) is 2.28. The number of para-hydroxylation sites is 2. The Kier molecular flexibility index (Phi) is 5.42. The van der Waals surface area contributed by atoms with E-state index >= 15 is 0 Å². The first-order valence-electron chi connectivity index (χ1n) is 10.5. The zero-order valence-electron chi connectivity index (χ0n) is 17.9. The molecule has 30 heavy (non-hydrogen) atoms. The van der Waals surface area contributed by atoms with Crippen molar-refractivity contribution in [3.8, 4) is 0 Å². The third-order valence-electron chi connectivity index (χ3n) is 6.21. The number of amides is 1. The Morgan fingerprint density at radius 1 is 1.30 bits per heavy atom. The van der Waals surface area contributed by atoms with Crippen LogP contribution in [0.25, 0.3) is 16.7 Å². The van der Waals surface area contributed by atoms with Crippen molar-refractivity contribution < 1.29 is 14.6 Å². The summed E-state index contributed by atoms with van der Waals surface area (Å²) in [5, 5.41) is 9.84. The van der Waals surface area contributed by atoms with Crippen LogP contribution in [0.2, 0.25) is 0 Å². The summed E-state index contributed by atoms with van der Waals surface area (Å²) in [7, 11) is 1.67. The highest BCUT2D eigenvalue weighted by molar-refractivity contribution is 6.01. The molecule has 3 N–H and O–H groups in total. The number of anilines is 1. The summed E-state index contributed by atoms with van der Waals surface area (Å²) in [4.78, 5) is 19.4. The summed E-state index contributed by atoms with van der Waals surface area (Å²) in [6.45, 7) is 5.85. The standard InChI is InChI=1S/C23H30N4O3/c1-15(2)12-16-13-17(20(24)29)21-25-18-6-4-5-7-19(18)27(21)22(16)26-10-8-23(14-28,30-3)9-11-26/h4-7,13,15,28H,8-12,14H2,1-3H3,(H2,24,29). The van der Waals surface area contributed by atoms with Crippen LogP contribution in [0.5, 0.6) is 0 Å². The van der Waals surface area contributed by atoms with Crippen molar-refractivity contribution >= 4 is 28.4 Å². The molecule has 160 valence electrons. The molecule has 0 aliphatic carbocycles. The number of hydrogen-bond acceptors (Lipinski definition) is 5. The molecule has 3 heterocycles. The van der Waals surface area contributed by atoms with Gasteiger partial charge in [0.1, 0.15) is 5.82 Å². The maximum Gasteiger partial charge on any atom is 0.252 e. The van der Waals surface area contributed by atoms with Gasteiger partial charge in [-0.05, 0) is 48.9 Å². The molecular formula is C23H30N4O3. The molecule has 0 spiro atoms. The van der Waals surface area contributed by atoms with Gasteiger partial charge in [-0.15, -0.1) is 0 Å². The van der Waals surface area contributed by atoms with Gasteiger partial charge in [-0.3, -0.25) is 9.20 Å². The van der Waals surface area contributed by atoms with Crippen LogP contribution in [0.3, 0.4) is 0 Å². The molecule has 1 fully saturated rings. The molecule has 0 radical (unpaired) electrons. The second-order valence-electron chi connectivity index (χ2n) is 8.66. The lowest BCUT2D eigenvalue weighted by Crippen LogP contribution is -2.48. The number of ether oxygens (including phenoxy) is 1. The van der Waals surface area contributed by atoms with Gasteiger partial charge in [-0.25, -0.2) is 4.98 Å². The second kappa shape index (κ2) is 7.89. The van der Waals surface area contributed by atoms with Crippen LogP contribution < -0.4 is 10.6 Å². The van der Waals surface area contributed by atoms with Gasteiger partial charge >= 0.3 is 0 Å². The zero-order chi connectivity index (χ0) is 21.5. The smallest absolute Gasteiger partial charge is 0.252 e. The highest BCUT2D eigenvalue weighted by Crippen LogP contribution is 2.35. The Labute approximate surface area is 176 Å². The van der Waals surface area contributed by atoms with Crippen molar-refractivity contribution in [2.24, 2.45) is 11.7 Å². The maximum absolute atomic E-state index is 12.3. The maximum atomic E-state index is 12.3. The fourth-order valence-corrected chi connectivity index (χ4v) is 4.54. The number of pyridine rings is 1. The monoisotopic (exact) mass is 410 g/mol. The topological polar surface area (TPSA) is 93.1 Å². The molecule has 3 aromatic rings. The Morgan fingerprint density at radius 2 is 2.00 bits per heavy atom. The third kappa shape index (κ3) is 3.42. The average Bonchev–Trinajstić information content (AvgIpc) is 3.12. The first-order valence-corrected chi connectivity index (χ1v) is 10.5. The van der Waals surface area contributed by atoms with E-state index in [1.54, 1.807) is 7.11 Å². The van der Waals surface area contributed by atoms with Gasteiger partial charge in [0.25, 0.3) is 5.91 Å². The number of imidazole rings is 1. The molecule has 0 saturated carbocycles.